The molecule has 0 aromatic carbocycles. The largest absolute Gasteiger partial charge is 0.391 e. The van der Waals surface area contributed by atoms with Gasteiger partial charge in [-0.05, 0) is 20.5 Å². The van der Waals surface area contributed by atoms with Gasteiger partial charge >= 0.3 is 6.18 Å². The van der Waals surface area contributed by atoms with E-state index in [-0.39, 0.29) is 17.1 Å². The van der Waals surface area contributed by atoms with Crippen LogP contribution in [0.25, 0.3) is 0 Å². The van der Waals surface area contributed by atoms with Gasteiger partial charge in [0.2, 0.25) is 0 Å². The Balaban J connectivity index is 0. The first-order chi connectivity index (χ1) is 5.78. The number of aliphatic hydroxyl groups is 1. The van der Waals surface area contributed by atoms with Crippen molar-refractivity contribution in [3.63, 3.8) is 0 Å². The van der Waals surface area contributed by atoms with Gasteiger partial charge in [-0.1, -0.05) is 6.92 Å². The van der Waals surface area contributed by atoms with Crippen LogP contribution in [0, 0.1) is 0 Å². The molecule has 6 heteroatoms. The molecule has 91 valence electrons. The summed E-state index contributed by atoms with van der Waals surface area (Å²) in [4.78, 5) is 1.68. The van der Waals surface area contributed by atoms with E-state index in [0.717, 1.165) is 0 Å². The van der Waals surface area contributed by atoms with Gasteiger partial charge in [0.1, 0.15) is 0 Å². The Morgan fingerprint density at radius 3 is 2.07 bits per heavy atom. The minimum absolute atomic E-state index is 0. The zero-order valence-corrected chi connectivity index (χ0v) is 9.34. The summed E-state index contributed by atoms with van der Waals surface area (Å²) in [6.45, 7) is 4.03. The fourth-order valence-electron chi connectivity index (χ4n) is 0.989. The molecule has 14 heavy (non-hydrogen) atoms. The molecule has 0 aliphatic carbocycles. The van der Waals surface area contributed by atoms with E-state index in [9.17, 15) is 18.3 Å². The standard InChI is InChI=1S/C8H16F3NO.Cu/c1-4-12(3)6(2)7(13)5-8(9,10)11;/h6-7,13H,4-5H2,1-3H3;. The van der Waals surface area contributed by atoms with E-state index in [1.165, 1.54) is 0 Å². The maximum Gasteiger partial charge on any atom is 0.391 e. The summed E-state index contributed by atoms with van der Waals surface area (Å²) in [5.74, 6) is 0. The van der Waals surface area contributed by atoms with Crippen LogP contribution in [0.15, 0.2) is 0 Å². The van der Waals surface area contributed by atoms with Crippen LogP contribution in [-0.4, -0.2) is 41.9 Å². The van der Waals surface area contributed by atoms with Crippen LogP contribution in [0.2, 0.25) is 0 Å². The molecule has 0 bridgehead atoms. The van der Waals surface area contributed by atoms with Crippen molar-refractivity contribution in [2.45, 2.75) is 38.6 Å². The van der Waals surface area contributed by atoms with Crippen LogP contribution < -0.4 is 0 Å². The van der Waals surface area contributed by atoms with Gasteiger partial charge in [0, 0.05) is 23.1 Å². The summed E-state index contributed by atoms with van der Waals surface area (Å²) < 4.78 is 35.6. The number of alkyl halides is 3. The minimum Gasteiger partial charge on any atom is -0.391 e. The molecular weight excluding hydrogens is 247 g/mol. The van der Waals surface area contributed by atoms with Crippen molar-refractivity contribution in [3.05, 3.63) is 0 Å². The Morgan fingerprint density at radius 1 is 1.36 bits per heavy atom. The van der Waals surface area contributed by atoms with E-state index in [2.05, 4.69) is 0 Å². The Morgan fingerprint density at radius 2 is 1.79 bits per heavy atom. The van der Waals surface area contributed by atoms with E-state index in [0.29, 0.717) is 6.54 Å². The molecule has 0 aromatic heterocycles. The molecule has 0 saturated heterocycles. The number of halogens is 3. The van der Waals surface area contributed by atoms with Crippen LogP contribution >= 0.6 is 0 Å². The van der Waals surface area contributed by atoms with E-state index in [4.69, 9.17) is 0 Å². The van der Waals surface area contributed by atoms with Gasteiger partial charge < -0.3 is 10.0 Å². The smallest absolute Gasteiger partial charge is 0.391 e. The summed E-state index contributed by atoms with van der Waals surface area (Å²) in [5, 5.41) is 9.19. The van der Waals surface area contributed by atoms with Gasteiger partial charge in [0.15, 0.2) is 0 Å². The minimum atomic E-state index is -4.29. The zero-order chi connectivity index (χ0) is 10.6. The average Bonchev–Trinajstić information content (AvgIpc) is 1.98. The van der Waals surface area contributed by atoms with Crippen molar-refractivity contribution < 1.29 is 35.3 Å². The summed E-state index contributed by atoms with van der Waals surface area (Å²) in [6.07, 6.45) is -6.77. The first-order valence-electron chi connectivity index (χ1n) is 4.23. The summed E-state index contributed by atoms with van der Waals surface area (Å²) in [6, 6.07) is -0.466. The number of aliphatic hydroxyl groups excluding tert-OH is 1. The van der Waals surface area contributed by atoms with Crippen molar-refractivity contribution >= 4 is 0 Å². The first-order valence-corrected chi connectivity index (χ1v) is 4.23. The van der Waals surface area contributed by atoms with Crippen molar-refractivity contribution in [2.24, 2.45) is 0 Å². The summed E-state index contributed by atoms with van der Waals surface area (Å²) >= 11 is 0. The molecule has 0 rings (SSSR count). The van der Waals surface area contributed by atoms with Crippen LogP contribution in [0.4, 0.5) is 13.2 Å². The molecule has 1 radical (unpaired) electrons. The van der Waals surface area contributed by atoms with Crippen LogP contribution in [0.1, 0.15) is 20.3 Å². The molecule has 2 atom stereocenters. The van der Waals surface area contributed by atoms with Crippen molar-refractivity contribution in [1.82, 2.24) is 4.90 Å². The fourth-order valence-corrected chi connectivity index (χ4v) is 0.989. The number of rotatable bonds is 4. The third kappa shape index (κ3) is 6.65. The summed E-state index contributed by atoms with van der Waals surface area (Å²) in [5.41, 5.74) is 0. The normalized spacial score (nSPS) is 16.3. The van der Waals surface area contributed by atoms with Crippen LogP contribution in [-0.2, 0) is 17.1 Å². The van der Waals surface area contributed by atoms with E-state index >= 15 is 0 Å². The second-order valence-corrected chi connectivity index (χ2v) is 3.20. The molecule has 0 aliphatic rings. The number of hydrogen-bond acceptors (Lipinski definition) is 2. The van der Waals surface area contributed by atoms with Crippen molar-refractivity contribution in [2.75, 3.05) is 13.6 Å². The molecule has 2 nitrogen and oxygen atoms in total. The molecule has 0 aliphatic heterocycles. The van der Waals surface area contributed by atoms with Gasteiger partial charge in [-0.25, -0.2) is 0 Å². The molecule has 2 unspecified atom stereocenters. The monoisotopic (exact) mass is 262 g/mol. The molecule has 0 fully saturated rings. The second kappa shape index (κ2) is 6.67. The van der Waals surface area contributed by atoms with Gasteiger partial charge in [-0.15, -0.1) is 0 Å². The maximum absolute atomic E-state index is 11.9. The molecule has 0 spiro atoms. The fraction of sp³-hybridized carbons (Fsp3) is 1.00. The van der Waals surface area contributed by atoms with Gasteiger partial charge in [0.25, 0.3) is 0 Å². The number of likely N-dealkylation sites (N-methyl/N-ethyl adjacent to an activating group) is 1. The zero-order valence-electron chi connectivity index (χ0n) is 8.40. The van der Waals surface area contributed by atoms with Gasteiger partial charge in [-0.2, -0.15) is 13.2 Å². The second-order valence-electron chi connectivity index (χ2n) is 3.20. The SMILES string of the molecule is CCN(C)C(C)C(O)CC(F)(F)F.[Cu]. The predicted molar refractivity (Wildman–Crippen MR) is 44.4 cm³/mol. The molecule has 0 aromatic rings. The molecule has 1 N–H and O–H groups in total. The quantitative estimate of drug-likeness (QED) is 0.779. The third-order valence-corrected chi connectivity index (χ3v) is 2.19. The molecule has 0 heterocycles. The summed E-state index contributed by atoms with van der Waals surface area (Å²) in [7, 11) is 1.68. The predicted octanol–water partition coefficient (Wildman–Crippen LogP) is 1.64. The molecule has 0 saturated carbocycles. The van der Waals surface area contributed by atoms with Gasteiger partial charge in [-0.3, -0.25) is 0 Å². The third-order valence-electron chi connectivity index (χ3n) is 2.19. The van der Waals surface area contributed by atoms with Crippen LogP contribution in [0.3, 0.4) is 0 Å². The average molecular weight is 263 g/mol. The van der Waals surface area contributed by atoms with Crippen LogP contribution in [0.5, 0.6) is 0 Å². The van der Waals surface area contributed by atoms with E-state index in [1.54, 1.807) is 18.9 Å². The van der Waals surface area contributed by atoms with E-state index in [1.807, 2.05) is 6.92 Å². The maximum atomic E-state index is 11.9. The van der Waals surface area contributed by atoms with Gasteiger partial charge in [0.05, 0.1) is 12.5 Å². The van der Waals surface area contributed by atoms with Crippen molar-refractivity contribution in [3.8, 4) is 0 Å². The molecular formula is C8H16CuF3NO. The Kier molecular flexibility index (Phi) is 7.93. The Bertz CT molecular complexity index is 154. The Hall–Kier alpha value is 0.229. The first kappa shape index (κ1) is 16.7. The topological polar surface area (TPSA) is 23.5 Å². The van der Waals surface area contributed by atoms with E-state index < -0.39 is 24.7 Å². The number of nitrogens with zero attached hydrogens (tertiary/aromatic N) is 1. The molecule has 0 amide bonds. The Labute approximate surface area is 92.9 Å². The number of hydrogen-bond donors (Lipinski definition) is 1. The van der Waals surface area contributed by atoms with Crippen molar-refractivity contribution in [1.29, 1.82) is 0 Å².